The average molecular weight is 300 g/mol. The number of halogens is 2. The molecule has 1 aromatic carbocycles. The normalized spacial score (nSPS) is 11.1. The fraction of sp³-hybridized carbons (Fsp3) is 0.429. The molecule has 0 saturated carbocycles. The summed E-state index contributed by atoms with van der Waals surface area (Å²) in [5.74, 6) is -2.64. The van der Waals surface area contributed by atoms with E-state index in [-0.39, 0.29) is 24.1 Å². The zero-order chi connectivity index (χ0) is 16.2. The first kappa shape index (κ1) is 16.9. The summed E-state index contributed by atoms with van der Waals surface area (Å²) in [6.07, 6.45) is 0.327. The Hall–Kier alpha value is -2.18. The van der Waals surface area contributed by atoms with Gasteiger partial charge in [-0.15, -0.1) is 0 Å². The van der Waals surface area contributed by atoms with Gasteiger partial charge in [0.1, 0.15) is 17.2 Å². The van der Waals surface area contributed by atoms with E-state index < -0.39 is 29.2 Å². The number of nitrogens with one attached hydrogen (secondary N) is 2. The molecule has 0 aliphatic carbocycles. The Morgan fingerprint density at radius 1 is 1.19 bits per heavy atom. The molecule has 0 aliphatic heterocycles. The van der Waals surface area contributed by atoms with Crippen LogP contribution in [-0.4, -0.2) is 22.6 Å². The van der Waals surface area contributed by atoms with Crippen LogP contribution in [0.1, 0.15) is 32.3 Å². The molecule has 0 spiro atoms. The van der Waals surface area contributed by atoms with Gasteiger partial charge in [0.15, 0.2) is 0 Å². The summed E-state index contributed by atoms with van der Waals surface area (Å²) in [6.45, 7) is 4.62. The third-order valence-electron chi connectivity index (χ3n) is 3.47. The number of rotatable bonds is 5. The smallest absolute Gasteiger partial charge is 0.329 e. The van der Waals surface area contributed by atoms with Crippen LogP contribution in [0.25, 0.3) is 0 Å². The van der Waals surface area contributed by atoms with Gasteiger partial charge in [-0.2, -0.15) is 0 Å². The Morgan fingerprint density at radius 2 is 1.76 bits per heavy atom. The number of benzene rings is 1. The summed E-state index contributed by atoms with van der Waals surface area (Å²) in [7, 11) is 0. The first-order valence-corrected chi connectivity index (χ1v) is 6.54. The summed E-state index contributed by atoms with van der Waals surface area (Å²) in [5.41, 5.74) is -1.67. The molecule has 0 aromatic heterocycles. The van der Waals surface area contributed by atoms with E-state index in [1.165, 1.54) is 6.92 Å². The fourth-order valence-electron chi connectivity index (χ4n) is 1.90. The molecule has 116 valence electrons. The molecular formula is C14H18F2N2O3. The largest absolute Gasteiger partial charge is 0.480 e. The van der Waals surface area contributed by atoms with E-state index in [4.69, 9.17) is 0 Å². The molecule has 0 fully saturated rings. The van der Waals surface area contributed by atoms with Crippen LogP contribution < -0.4 is 10.6 Å². The molecule has 1 aromatic rings. The third kappa shape index (κ3) is 3.68. The van der Waals surface area contributed by atoms with Crippen molar-refractivity contribution in [1.29, 1.82) is 0 Å². The van der Waals surface area contributed by atoms with Crippen molar-refractivity contribution in [3.63, 3.8) is 0 Å². The van der Waals surface area contributed by atoms with Crippen molar-refractivity contribution in [3.8, 4) is 0 Å². The molecule has 0 saturated heterocycles. The number of urea groups is 1. The second-order valence-corrected chi connectivity index (χ2v) is 4.75. The van der Waals surface area contributed by atoms with Gasteiger partial charge in [0.05, 0.1) is 5.69 Å². The van der Waals surface area contributed by atoms with Crippen LogP contribution in [0.15, 0.2) is 12.1 Å². The number of amides is 2. The van der Waals surface area contributed by atoms with Crippen LogP contribution in [0, 0.1) is 18.6 Å². The summed E-state index contributed by atoms with van der Waals surface area (Å²) >= 11 is 0. The molecule has 7 heteroatoms. The van der Waals surface area contributed by atoms with Gasteiger partial charge in [0, 0.05) is 6.07 Å². The Morgan fingerprint density at radius 3 is 2.24 bits per heavy atom. The van der Waals surface area contributed by atoms with Crippen molar-refractivity contribution in [2.75, 3.05) is 5.32 Å². The minimum atomic E-state index is -1.44. The van der Waals surface area contributed by atoms with E-state index in [2.05, 4.69) is 10.6 Å². The minimum absolute atomic E-state index is 0.112. The zero-order valence-electron chi connectivity index (χ0n) is 12.1. The van der Waals surface area contributed by atoms with Gasteiger partial charge in [-0.3, -0.25) is 0 Å². The molecule has 0 aliphatic rings. The number of carboxylic acids is 1. The lowest BCUT2D eigenvalue weighted by Crippen LogP contribution is -2.55. The molecule has 0 heterocycles. The first-order chi connectivity index (χ1) is 9.75. The van der Waals surface area contributed by atoms with E-state index >= 15 is 0 Å². The highest BCUT2D eigenvalue weighted by molar-refractivity contribution is 5.94. The maximum Gasteiger partial charge on any atom is 0.329 e. The van der Waals surface area contributed by atoms with Gasteiger partial charge in [-0.05, 0) is 31.4 Å². The number of carbonyl (C=O) groups excluding carboxylic acids is 1. The lowest BCUT2D eigenvalue weighted by molar-refractivity contribution is -0.144. The summed E-state index contributed by atoms with van der Waals surface area (Å²) in [6, 6.07) is 0.905. The number of carbonyl (C=O) groups is 2. The number of anilines is 1. The molecule has 2 amide bonds. The monoisotopic (exact) mass is 300 g/mol. The Bertz CT molecular complexity index is 557. The summed E-state index contributed by atoms with van der Waals surface area (Å²) in [5, 5.41) is 13.6. The second kappa shape index (κ2) is 6.51. The summed E-state index contributed by atoms with van der Waals surface area (Å²) < 4.78 is 27.0. The first-order valence-electron chi connectivity index (χ1n) is 6.54. The van der Waals surface area contributed by atoms with Crippen LogP contribution >= 0.6 is 0 Å². The number of carboxylic acid groups (broad SMARTS) is 1. The van der Waals surface area contributed by atoms with Crippen molar-refractivity contribution in [1.82, 2.24) is 5.32 Å². The molecule has 0 bridgehead atoms. The quantitative estimate of drug-likeness (QED) is 0.782. The van der Waals surface area contributed by atoms with Crippen LogP contribution in [0.3, 0.4) is 0 Å². The maximum atomic E-state index is 13.6. The highest BCUT2D eigenvalue weighted by atomic mass is 19.1. The molecule has 0 radical (unpaired) electrons. The Labute approximate surface area is 121 Å². The van der Waals surface area contributed by atoms with E-state index in [1.54, 1.807) is 13.8 Å². The van der Waals surface area contributed by atoms with E-state index in [1.807, 2.05) is 0 Å². The molecule has 3 N–H and O–H groups in total. The van der Waals surface area contributed by atoms with Crippen molar-refractivity contribution in [3.05, 3.63) is 29.3 Å². The number of aryl methyl sites for hydroxylation is 1. The molecule has 0 unspecified atom stereocenters. The Kier molecular flexibility index (Phi) is 5.23. The van der Waals surface area contributed by atoms with Crippen molar-refractivity contribution in [2.45, 2.75) is 39.2 Å². The van der Waals surface area contributed by atoms with E-state index in [0.29, 0.717) is 0 Å². The number of aliphatic carboxylic acids is 1. The highest BCUT2D eigenvalue weighted by Crippen LogP contribution is 2.20. The molecular weight excluding hydrogens is 282 g/mol. The fourth-order valence-corrected chi connectivity index (χ4v) is 1.90. The van der Waals surface area contributed by atoms with Crippen LogP contribution in [0.4, 0.5) is 19.3 Å². The zero-order valence-corrected chi connectivity index (χ0v) is 12.1. The molecule has 5 nitrogen and oxygen atoms in total. The van der Waals surface area contributed by atoms with E-state index in [0.717, 1.165) is 12.1 Å². The maximum absolute atomic E-state index is 13.6. The highest BCUT2D eigenvalue weighted by Gasteiger charge is 2.36. The van der Waals surface area contributed by atoms with Gasteiger partial charge in [-0.25, -0.2) is 18.4 Å². The Balaban J connectivity index is 2.92. The minimum Gasteiger partial charge on any atom is -0.480 e. The SMILES string of the molecule is CCC(CC)(NC(=O)Nc1cc(F)c(C)cc1F)C(=O)O. The van der Waals surface area contributed by atoms with E-state index in [9.17, 15) is 23.5 Å². The van der Waals surface area contributed by atoms with Gasteiger partial charge in [0.25, 0.3) is 0 Å². The van der Waals surface area contributed by atoms with Crippen molar-refractivity contribution >= 4 is 17.7 Å². The third-order valence-corrected chi connectivity index (χ3v) is 3.47. The van der Waals surface area contributed by atoms with Crippen molar-refractivity contribution in [2.24, 2.45) is 0 Å². The number of hydrogen-bond donors (Lipinski definition) is 3. The van der Waals surface area contributed by atoms with Crippen LogP contribution in [-0.2, 0) is 4.79 Å². The van der Waals surface area contributed by atoms with Crippen LogP contribution in [0.5, 0.6) is 0 Å². The van der Waals surface area contributed by atoms with Crippen LogP contribution in [0.2, 0.25) is 0 Å². The predicted molar refractivity (Wildman–Crippen MR) is 74.2 cm³/mol. The molecule has 0 atom stereocenters. The van der Waals surface area contributed by atoms with Crippen molar-refractivity contribution < 1.29 is 23.5 Å². The average Bonchev–Trinajstić information content (AvgIpc) is 2.42. The van der Waals surface area contributed by atoms with Gasteiger partial charge in [-0.1, -0.05) is 13.8 Å². The molecule has 1 rings (SSSR count). The lowest BCUT2D eigenvalue weighted by atomic mass is 9.93. The summed E-state index contributed by atoms with van der Waals surface area (Å²) in [4.78, 5) is 23.1. The van der Waals surface area contributed by atoms with Gasteiger partial charge in [0.2, 0.25) is 0 Å². The predicted octanol–water partition coefficient (Wildman–Crippen LogP) is 3.04. The topological polar surface area (TPSA) is 78.4 Å². The number of hydrogen-bond acceptors (Lipinski definition) is 2. The second-order valence-electron chi connectivity index (χ2n) is 4.75. The van der Waals surface area contributed by atoms with Gasteiger partial charge < -0.3 is 15.7 Å². The lowest BCUT2D eigenvalue weighted by Gasteiger charge is -2.28. The van der Waals surface area contributed by atoms with Gasteiger partial charge >= 0.3 is 12.0 Å². The molecule has 21 heavy (non-hydrogen) atoms. The standard InChI is InChI=1S/C14H18F2N2O3/c1-4-14(5-2,12(19)20)18-13(21)17-11-7-9(15)8(3)6-10(11)16/h6-7H,4-5H2,1-3H3,(H,19,20)(H2,17,18,21).